The van der Waals surface area contributed by atoms with Crippen LogP contribution in [0.15, 0.2) is 24.3 Å². The van der Waals surface area contributed by atoms with Crippen molar-refractivity contribution in [3.05, 3.63) is 35.4 Å². The molecule has 0 heterocycles. The Kier molecular flexibility index (Phi) is 6.56. The number of nitrogens with one attached hydrogen (secondary N) is 1. The van der Waals surface area contributed by atoms with Gasteiger partial charge in [0, 0.05) is 20.1 Å². The van der Waals surface area contributed by atoms with Crippen LogP contribution in [0.2, 0.25) is 0 Å². The fourth-order valence-electron chi connectivity index (χ4n) is 1.76. The summed E-state index contributed by atoms with van der Waals surface area (Å²) < 4.78 is 0. The molecule has 110 valence electrons. The predicted octanol–water partition coefficient (Wildman–Crippen LogP) is 1.91. The molecule has 0 radical (unpaired) electrons. The van der Waals surface area contributed by atoms with Crippen LogP contribution in [0.5, 0.6) is 0 Å². The summed E-state index contributed by atoms with van der Waals surface area (Å²) in [6.45, 7) is 2.87. The molecule has 20 heavy (non-hydrogen) atoms. The van der Waals surface area contributed by atoms with Crippen molar-refractivity contribution < 1.29 is 14.7 Å². The molecular weight excluding hydrogens is 256 g/mol. The van der Waals surface area contributed by atoms with Gasteiger partial charge in [0.05, 0.1) is 6.42 Å². The SMILES string of the molecule is CCc1ccc(CCNC(=O)N(C)CCC(=O)O)cc1. The quantitative estimate of drug-likeness (QED) is 0.800. The Morgan fingerprint density at radius 3 is 2.35 bits per heavy atom. The van der Waals surface area contributed by atoms with E-state index in [1.54, 1.807) is 7.05 Å². The lowest BCUT2D eigenvalue weighted by atomic mass is 10.1. The second-order valence-corrected chi connectivity index (χ2v) is 4.72. The molecule has 0 spiro atoms. The molecule has 5 nitrogen and oxygen atoms in total. The van der Waals surface area contributed by atoms with Gasteiger partial charge < -0.3 is 15.3 Å². The number of carboxylic acids is 1. The first-order chi connectivity index (χ1) is 9.52. The van der Waals surface area contributed by atoms with Crippen molar-refractivity contribution >= 4 is 12.0 Å². The smallest absolute Gasteiger partial charge is 0.317 e. The largest absolute Gasteiger partial charge is 0.481 e. The topological polar surface area (TPSA) is 69.6 Å². The van der Waals surface area contributed by atoms with Crippen LogP contribution in [-0.4, -0.2) is 42.1 Å². The summed E-state index contributed by atoms with van der Waals surface area (Å²) in [5.41, 5.74) is 2.47. The zero-order valence-corrected chi connectivity index (χ0v) is 12.1. The normalized spacial score (nSPS) is 10.1. The Balaban J connectivity index is 2.28. The molecule has 0 aliphatic heterocycles. The highest BCUT2D eigenvalue weighted by molar-refractivity contribution is 5.74. The molecule has 5 heteroatoms. The number of carbonyl (C=O) groups excluding carboxylic acids is 1. The lowest BCUT2D eigenvalue weighted by Gasteiger charge is -2.16. The summed E-state index contributed by atoms with van der Waals surface area (Å²) in [6, 6.07) is 8.08. The van der Waals surface area contributed by atoms with Gasteiger partial charge in [0.2, 0.25) is 0 Å². The lowest BCUT2D eigenvalue weighted by molar-refractivity contribution is -0.137. The second-order valence-electron chi connectivity index (χ2n) is 4.72. The zero-order valence-electron chi connectivity index (χ0n) is 12.1. The predicted molar refractivity (Wildman–Crippen MR) is 77.8 cm³/mol. The van der Waals surface area contributed by atoms with Gasteiger partial charge in [-0.15, -0.1) is 0 Å². The molecule has 0 bridgehead atoms. The third-order valence-corrected chi connectivity index (χ3v) is 3.13. The first kappa shape index (κ1) is 16.0. The average molecular weight is 278 g/mol. The highest BCUT2D eigenvalue weighted by atomic mass is 16.4. The summed E-state index contributed by atoms with van der Waals surface area (Å²) >= 11 is 0. The maximum Gasteiger partial charge on any atom is 0.317 e. The van der Waals surface area contributed by atoms with Crippen molar-refractivity contribution in [2.45, 2.75) is 26.2 Å². The Morgan fingerprint density at radius 2 is 1.80 bits per heavy atom. The van der Waals surface area contributed by atoms with Crippen LogP contribution < -0.4 is 5.32 Å². The maximum absolute atomic E-state index is 11.7. The summed E-state index contributed by atoms with van der Waals surface area (Å²) in [5.74, 6) is -0.902. The highest BCUT2D eigenvalue weighted by Gasteiger charge is 2.09. The Morgan fingerprint density at radius 1 is 1.20 bits per heavy atom. The summed E-state index contributed by atoms with van der Waals surface area (Å²) in [7, 11) is 1.59. The molecule has 0 saturated carbocycles. The Hall–Kier alpha value is -2.04. The van der Waals surface area contributed by atoms with Crippen molar-refractivity contribution in [3.63, 3.8) is 0 Å². The van der Waals surface area contributed by atoms with Gasteiger partial charge in [-0.2, -0.15) is 0 Å². The number of benzene rings is 1. The fraction of sp³-hybridized carbons (Fsp3) is 0.467. The van der Waals surface area contributed by atoms with Gasteiger partial charge in [-0.25, -0.2) is 4.79 Å². The van der Waals surface area contributed by atoms with Crippen molar-refractivity contribution in [1.82, 2.24) is 10.2 Å². The van der Waals surface area contributed by atoms with Crippen LogP contribution >= 0.6 is 0 Å². The standard InChI is InChI=1S/C15H22N2O3/c1-3-12-4-6-13(7-5-12)8-10-16-15(20)17(2)11-9-14(18)19/h4-7H,3,8-11H2,1-2H3,(H,16,20)(H,18,19). The van der Waals surface area contributed by atoms with Crippen molar-refractivity contribution in [2.75, 3.05) is 20.1 Å². The number of carbonyl (C=O) groups is 2. The minimum Gasteiger partial charge on any atom is -0.481 e. The van der Waals surface area contributed by atoms with E-state index in [1.807, 2.05) is 0 Å². The molecule has 1 rings (SSSR count). The number of carboxylic acid groups (broad SMARTS) is 1. The monoisotopic (exact) mass is 278 g/mol. The molecule has 0 aliphatic rings. The molecule has 1 aromatic rings. The molecule has 2 amide bonds. The van der Waals surface area contributed by atoms with E-state index in [4.69, 9.17) is 5.11 Å². The van der Waals surface area contributed by atoms with Gasteiger partial charge in [-0.3, -0.25) is 4.79 Å². The number of hydrogen-bond acceptors (Lipinski definition) is 2. The Bertz CT molecular complexity index is 443. The Labute approximate surface area is 119 Å². The number of aliphatic carboxylic acids is 1. The molecule has 2 N–H and O–H groups in total. The van der Waals surface area contributed by atoms with E-state index in [9.17, 15) is 9.59 Å². The van der Waals surface area contributed by atoms with Crippen molar-refractivity contribution in [1.29, 1.82) is 0 Å². The molecule has 0 saturated heterocycles. The number of amides is 2. The molecule has 1 aromatic carbocycles. The highest BCUT2D eigenvalue weighted by Crippen LogP contribution is 2.05. The van der Waals surface area contributed by atoms with Crippen LogP contribution in [0.25, 0.3) is 0 Å². The van der Waals surface area contributed by atoms with E-state index >= 15 is 0 Å². The first-order valence-electron chi connectivity index (χ1n) is 6.81. The van der Waals surface area contributed by atoms with E-state index in [-0.39, 0.29) is 19.0 Å². The number of nitrogens with zero attached hydrogens (tertiary/aromatic N) is 1. The van der Waals surface area contributed by atoms with Gasteiger partial charge in [0.15, 0.2) is 0 Å². The van der Waals surface area contributed by atoms with Gasteiger partial charge in [0.25, 0.3) is 0 Å². The average Bonchev–Trinajstić information content (AvgIpc) is 2.45. The van der Waals surface area contributed by atoms with Crippen molar-refractivity contribution in [3.8, 4) is 0 Å². The second kappa shape index (κ2) is 8.19. The molecule has 0 aromatic heterocycles. The molecular formula is C15H22N2O3. The minimum atomic E-state index is -0.902. The number of aryl methyl sites for hydroxylation is 1. The van der Waals surface area contributed by atoms with Gasteiger partial charge in [0.1, 0.15) is 0 Å². The third kappa shape index (κ3) is 5.73. The first-order valence-corrected chi connectivity index (χ1v) is 6.81. The fourth-order valence-corrected chi connectivity index (χ4v) is 1.76. The van der Waals surface area contributed by atoms with E-state index in [0.29, 0.717) is 6.54 Å². The van der Waals surface area contributed by atoms with E-state index in [0.717, 1.165) is 12.8 Å². The maximum atomic E-state index is 11.7. The zero-order chi connectivity index (χ0) is 15.0. The van der Waals surface area contributed by atoms with Crippen LogP contribution in [0.4, 0.5) is 4.79 Å². The third-order valence-electron chi connectivity index (χ3n) is 3.13. The minimum absolute atomic E-state index is 0.0393. The molecule has 0 fully saturated rings. The van der Waals surface area contributed by atoms with Crippen LogP contribution in [-0.2, 0) is 17.6 Å². The summed E-state index contributed by atoms with van der Waals surface area (Å²) in [5, 5.41) is 11.3. The number of rotatable bonds is 7. The number of hydrogen-bond donors (Lipinski definition) is 2. The van der Waals surface area contributed by atoms with E-state index in [2.05, 4.69) is 36.5 Å². The molecule has 0 atom stereocenters. The lowest BCUT2D eigenvalue weighted by Crippen LogP contribution is -2.39. The van der Waals surface area contributed by atoms with Crippen LogP contribution in [0, 0.1) is 0 Å². The molecule has 0 unspecified atom stereocenters. The van der Waals surface area contributed by atoms with E-state index in [1.165, 1.54) is 16.0 Å². The van der Waals surface area contributed by atoms with Crippen LogP contribution in [0.1, 0.15) is 24.5 Å². The molecule has 0 aliphatic carbocycles. The summed E-state index contributed by atoms with van der Waals surface area (Å²) in [6.07, 6.45) is 1.75. The van der Waals surface area contributed by atoms with Gasteiger partial charge >= 0.3 is 12.0 Å². The number of urea groups is 1. The van der Waals surface area contributed by atoms with Gasteiger partial charge in [-0.05, 0) is 24.0 Å². The summed E-state index contributed by atoms with van der Waals surface area (Å²) in [4.78, 5) is 23.5. The van der Waals surface area contributed by atoms with Gasteiger partial charge in [-0.1, -0.05) is 31.2 Å². The van der Waals surface area contributed by atoms with Crippen LogP contribution in [0.3, 0.4) is 0 Å². The van der Waals surface area contributed by atoms with E-state index < -0.39 is 5.97 Å². The van der Waals surface area contributed by atoms with Crippen molar-refractivity contribution in [2.24, 2.45) is 0 Å².